The number of methoxy groups -OCH3 is 1. The molecule has 0 radical (unpaired) electrons. The summed E-state index contributed by atoms with van der Waals surface area (Å²) in [6, 6.07) is -0.285. The maximum absolute atomic E-state index is 12.6. The summed E-state index contributed by atoms with van der Waals surface area (Å²) in [7, 11) is 1.41. The van der Waals surface area contributed by atoms with Crippen molar-refractivity contribution in [2.75, 3.05) is 20.2 Å². The minimum absolute atomic E-state index is 0.0790. The third kappa shape index (κ3) is 5.76. The van der Waals surface area contributed by atoms with Crippen molar-refractivity contribution in [1.29, 1.82) is 0 Å². The maximum atomic E-state index is 12.6. The number of ether oxygens (including phenoxy) is 2. The van der Waals surface area contributed by atoms with Gasteiger partial charge in [0.05, 0.1) is 31.3 Å². The van der Waals surface area contributed by atoms with Crippen LogP contribution in [0, 0.1) is 5.92 Å². The molecule has 7 nitrogen and oxygen atoms in total. The van der Waals surface area contributed by atoms with E-state index < -0.39 is 0 Å². The molecule has 0 aromatic rings. The average Bonchev–Trinajstić information content (AvgIpc) is 2.59. The Kier molecular flexibility index (Phi) is 9.19. The first-order valence-electron chi connectivity index (χ1n) is 9.80. The summed E-state index contributed by atoms with van der Waals surface area (Å²) in [5.41, 5.74) is 5.72. The maximum Gasteiger partial charge on any atom is 0.410 e. The first-order chi connectivity index (χ1) is 12.3. The van der Waals surface area contributed by atoms with E-state index in [0.29, 0.717) is 19.0 Å². The molecule has 1 fully saturated rings. The zero-order valence-corrected chi connectivity index (χ0v) is 17.2. The van der Waals surface area contributed by atoms with Gasteiger partial charge in [0.1, 0.15) is 0 Å². The molecular weight excluding hydrogens is 334 g/mol. The Hall–Kier alpha value is -1.50. The van der Waals surface area contributed by atoms with Crippen LogP contribution in [0.1, 0.15) is 60.3 Å². The number of carbonyl (C=O) groups excluding carboxylic acids is 2. The molecule has 1 aliphatic heterocycles. The van der Waals surface area contributed by atoms with Crippen molar-refractivity contribution in [3.63, 3.8) is 0 Å². The van der Waals surface area contributed by atoms with Crippen LogP contribution in [-0.4, -0.2) is 66.4 Å². The second-order valence-corrected chi connectivity index (χ2v) is 7.63. The summed E-state index contributed by atoms with van der Waals surface area (Å²) < 4.78 is 10.5. The van der Waals surface area contributed by atoms with E-state index in [0.717, 1.165) is 25.7 Å². The largest absolute Gasteiger partial charge is 0.453 e. The summed E-state index contributed by atoms with van der Waals surface area (Å²) in [6.45, 7) is 10.9. The van der Waals surface area contributed by atoms with Crippen LogP contribution in [0.2, 0.25) is 0 Å². The van der Waals surface area contributed by atoms with Crippen LogP contribution in [0.4, 0.5) is 9.59 Å². The van der Waals surface area contributed by atoms with E-state index in [-0.39, 0.29) is 36.4 Å². The van der Waals surface area contributed by atoms with E-state index >= 15 is 0 Å². The molecule has 1 heterocycles. The summed E-state index contributed by atoms with van der Waals surface area (Å²) in [5, 5.41) is 0. The number of carbonyl (C=O) groups is 2. The first kappa shape index (κ1) is 22.5. The van der Waals surface area contributed by atoms with Gasteiger partial charge in [-0.15, -0.1) is 0 Å². The Morgan fingerprint density at radius 2 is 1.85 bits per heavy atom. The lowest BCUT2D eigenvalue weighted by Gasteiger charge is -2.49. The third-order valence-electron chi connectivity index (χ3n) is 5.11. The monoisotopic (exact) mass is 371 g/mol. The van der Waals surface area contributed by atoms with E-state index in [2.05, 4.69) is 6.92 Å². The summed E-state index contributed by atoms with van der Waals surface area (Å²) in [4.78, 5) is 28.6. The predicted molar refractivity (Wildman–Crippen MR) is 102 cm³/mol. The zero-order chi connectivity index (χ0) is 19.9. The Bertz CT molecular complexity index is 458. The van der Waals surface area contributed by atoms with E-state index in [1.54, 1.807) is 9.80 Å². The van der Waals surface area contributed by atoms with Gasteiger partial charge < -0.3 is 20.1 Å². The highest BCUT2D eigenvalue weighted by molar-refractivity contribution is 5.71. The molecule has 1 aliphatic rings. The Morgan fingerprint density at radius 3 is 2.35 bits per heavy atom. The number of hydrogen-bond acceptors (Lipinski definition) is 5. The molecule has 7 heteroatoms. The van der Waals surface area contributed by atoms with Gasteiger partial charge in [-0.05, 0) is 52.5 Å². The first-order valence-corrected chi connectivity index (χ1v) is 9.80. The zero-order valence-electron chi connectivity index (χ0n) is 17.2. The average molecular weight is 372 g/mol. The molecule has 1 saturated heterocycles. The Morgan fingerprint density at radius 1 is 1.19 bits per heavy atom. The van der Waals surface area contributed by atoms with Crippen molar-refractivity contribution in [3.05, 3.63) is 0 Å². The molecule has 0 aromatic heterocycles. The quantitative estimate of drug-likeness (QED) is 0.743. The van der Waals surface area contributed by atoms with Crippen molar-refractivity contribution in [2.45, 2.75) is 84.5 Å². The molecule has 0 bridgehead atoms. The number of amides is 2. The number of piperazine rings is 1. The Labute approximate surface area is 158 Å². The van der Waals surface area contributed by atoms with Crippen LogP contribution in [-0.2, 0) is 9.47 Å². The number of nitrogens with two attached hydrogens (primary N) is 1. The molecular formula is C19H37N3O4. The second kappa shape index (κ2) is 10.6. The summed E-state index contributed by atoms with van der Waals surface area (Å²) >= 11 is 0. The SMILES string of the molecule is CCC1C(CCCC(C)CN)N(C(=O)OC)[C@@H](C)CN1C(=O)OC(C)C. The van der Waals surface area contributed by atoms with Crippen molar-refractivity contribution >= 4 is 12.2 Å². The van der Waals surface area contributed by atoms with E-state index in [1.165, 1.54) is 7.11 Å². The molecule has 2 amide bonds. The van der Waals surface area contributed by atoms with Crippen LogP contribution in [0.5, 0.6) is 0 Å². The predicted octanol–water partition coefficient (Wildman–Crippen LogP) is 3.22. The highest BCUT2D eigenvalue weighted by Gasteiger charge is 2.44. The third-order valence-corrected chi connectivity index (χ3v) is 5.11. The number of rotatable bonds is 7. The van der Waals surface area contributed by atoms with Gasteiger partial charge in [-0.25, -0.2) is 9.59 Å². The van der Waals surface area contributed by atoms with E-state index in [9.17, 15) is 9.59 Å². The molecule has 4 atom stereocenters. The smallest absolute Gasteiger partial charge is 0.410 e. The minimum atomic E-state index is -0.329. The standard InChI is InChI=1S/C19H37N3O4/c1-7-16-17(10-8-9-14(4)11-20)22(19(24)25-6)15(5)12-21(16)18(23)26-13(2)3/h13-17H,7-12,20H2,1-6H3/t14?,15-,16?,17?/m0/s1. The van der Waals surface area contributed by atoms with Gasteiger partial charge in [-0.2, -0.15) is 0 Å². The number of hydrogen-bond donors (Lipinski definition) is 1. The molecule has 0 aliphatic carbocycles. The van der Waals surface area contributed by atoms with Crippen molar-refractivity contribution in [2.24, 2.45) is 11.7 Å². The van der Waals surface area contributed by atoms with Gasteiger partial charge >= 0.3 is 12.2 Å². The highest BCUT2D eigenvalue weighted by atomic mass is 16.6. The van der Waals surface area contributed by atoms with Gasteiger partial charge in [-0.3, -0.25) is 4.90 Å². The lowest BCUT2D eigenvalue weighted by molar-refractivity contribution is -0.0224. The minimum Gasteiger partial charge on any atom is -0.453 e. The van der Waals surface area contributed by atoms with E-state index in [1.807, 2.05) is 27.7 Å². The topological polar surface area (TPSA) is 85.1 Å². The van der Waals surface area contributed by atoms with Crippen LogP contribution >= 0.6 is 0 Å². The van der Waals surface area contributed by atoms with Crippen molar-refractivity contribution < 1.29 is 19.1 Å². The van der Waals surface area contributed by atoms with Crippen LogP contribution in [0.25, 0.3) is 0 Å². The molecule has 2 N–H and O–H groups in total. The van der Waals surface area contributed by atoms with Crippen molar-refractivity contribution in [1.82, 2.24) is 9.80 Å². The lowest BCUT2D eigenvalue weighted by Crippen LogP contribution is -2.65. The van der Waals surface area contributed by atoms with Crippen LogP contribution < -0.4 is 5.73 Å². The fraction of sp³-hybridized carbons (Fsp3) is 0.895. The van der Waals surface area contributed by atoms with Crippen molar-refractivity contribution in [3.8, 4) is 0 Å². The molecule has 152 valence electrons. The number of nitrogens with zero attached hydrogens (tertiary/aromatic N) is 2. The van der Waals surface area contributed by atoms with Gasteiger partial charge in [0.2, 0.25) is 0 Å². The fourth-order valence-corrected chi connectivity index (χ4v) is 3.75. The molecule has 26 heavy (non-hydrogen) atoms. The second-order valence-electron chi connectivity index (χ2n) is 7.63. The fourth-order valence-electron chi connectivity index (χ4n) is 3.75. The van der Waals surface area contributed by atoms with Gasteiger partial charge in [0, 0.05) is 6.54 Å². The molecule has 0 saturated carbocycles. The normalized spacial score (nSPS) is 24.5. The van der Waals surface area contributed by atoms with Crippen LogP contribution in [0.15, 0.2) is 0 Å². The summed E-state index contributed by atoms with van der Waals surface area (Å²) in [6.07, 6.45) is 2.72. The molecule has 0 spiro atoms. The Balaban J connectivity index is 3.01. The molecule has 0 aromatic carbocycles. The van der Waals surface area contributed by atoms with Crippen LogP contribution in [0.3, 0.4) is 0 Å². The van der Waals surface area contributed by atoms with Gasteiger partial charge in [-0.1, -0.05) is 20.3 Å². The molecule has 1 rings (SSSR count). The lowest BCUT2D eigenvalue weighted by atomic mass is 9.90. The summed E-state index contributed by atoms with van der Waals surface area (Å²) in [5.74, 6) is 0.449. The van der Waals surface area contributed by atoms with Gasteiger partial charge in [0.15, 0.2) is 0 Å². The van der Waals surface area contributed by atoms with E-state index in [4.69, 9.17) is 15.2 Å². The molecule has 3 unspecified atom stereocenters. The van der Waals surface area contributed by atoms with Gasteiger partial charge in [0.25, 0.3) is 0 Å². The highest BCUT2D eigenvalue weighted by Crippen LogP contribution is 2.29.